The molecule has 0 saturated heterocycles. The molecule has 1 aromatic carbocycles. The van der Waals surface area contributed by atoms with Crippen LogP contribution >= 0.6 is 23.8 Å². The van der Waals surface area contributed by atoms with Crippen LogP contribution in [0.5, 0.6) is 0 Å². The van der Waals surface area contributed by atoms with E-state index in [-0.39, 0.29) is 21.6 Å². The van der Waals surface area contributed by atoms with Gasteiger partial charge in [-0.15, -0.1) is 0 Å². The zero-order valence-corrected chi connectivity index (χ0v) is 12.0. The third-order valence-corrected chi connectivity index (χ3v) is 3.17. The lowest BCUT2D eigenvalue weighted by atomic mass is 10.1. The summed E-state index contributed by atoms with van der Waals surface area (Å²) >= 11 is 10.2. The summed E-state index contributed by atoms with van der Waals surface area (Å²) in [4.78, 5) is 13.5. The molecule has 19 heavy (non-hydrogen) atoms. The van der Waals surface area contributed by atoms with Gasteiger partial charge in [0.2, 0.25) is 0 Å². The van der Waals surface area contributed by atoms with Crippen molar-refractivity contribution < 1.29 is 13.6 Å². The van der Waals surface area contributed by atoms with E-state index in [1.165, 1.54) is 11.9 Å². The first kappa shape index (κ1) is 15.8. The van der Waals surface area contributed by atoms with Crippen molar-refractivity contribution in [3.63, 3.8) is 0 Å². The lowest BCUT2D eigenvalue weighted by Gasteiger charge is -2.24. The molecule has 0 aliphatic rings. The van der Waals surface area contributed by atoms with Crippen molar-refractivity contribution in [1.29, 1.82) is 0 Å². The Morgan fingerprint density at radius 3 is 2.58 bits per heavy atom. The minimum Gasteiger partial charge on any atom is -0.393 e. The first-order chi connectivity index (χ1) is 8.73. The number of nitrogens with two attached hydrogens (primary N) is 1. The molecule has 1 aromatic rings. The van der Waals surface area contributed by atoms with E-state index < -0.39 is 17.5 Å². The van der Waals surface area contributed by atoms with Crippen LogP contribution in [0.15, 0.2) is 12.1 Å². The average Bonchev–Trinajstić information content (AvgIpc) is 2.31. The van der Waals surface area contributed by atoms with Crippen LogP contribution < -0.4 is 5.73 Å². The maximum atomic E-state index is 13.6. The third kappa shape index (κ3) is 3.84. The molecule has 0 aliphatic heterocycles. The second-order valence-corrected chi connectivity index (χ2v) is 5.11. The largest absolute Gasteiger partial charge is 0.393 e. The summed E-state index contributed by atoms with van der Waals surface area (Å²) in [7, 11) is 1.47. The van der Waals surface area contributed by atoms with E-state index in [2.05, 4.69) is 0 Å². The molecule has 0 bridgehead atoms. The number of hydrogen-bond acceptors (Lipinski definition) is 2. The summed E-state index contributed by atoms with van der Waals surface area (Å²) < 4.78 is 26.9. The van der Waals surface area contributed by atoms with Crippen molar-refractivity contribution in [2.45, 2.75) is 19.4 Å². The smallest absolute Gasteiger partial charge is 0.256 e. The molecule has 0 spiro atoms. The summed E-state index contributed by atoms with van der Waals surface area (Å²) in [5, 5.41) is -0.368. The topological polar surface area (TPSA) is 46.3 Å². The van der Waals surface area contributed by atoms with E-state index in [1.807, 2.05) is 0 Å². The van der Waals surface area contributed by atoms with Crippen LogP contribution in [0.25, 0.3) is 0 Å². The number of nitrogens with zero attached hydrogens (tertiary/aromatic N) is 1. The fourth-order valence-electron chi connectivity index (χ4n) is 1.50. The zero-order chi connectivity index (χ0) is 14.7. The summed E-state index contributed by atoms with van der Waals surface area (Å²) in [5.74, 6) is -2.37. The highest BCUT2D eigenvalue weighted by Crippen LogP contribution is 2.21. The van der Waals surface area contributed by atoms with E-state index >= 15 is 0 Å². The Hall–Kier alpha value is -1.27. The Labute approximate surface area is 120 Å². The van der Waals surface area contributed by atoms with Crippen LogP contribution in [0, 0.1) is 11.6 Å². The number of hydrogen-bond donors (Lipinski definition) is 1. The highest BCUT2D eigenvalue weighted by Gasteiger charge is 2.22. The Kier molecular flexibility index (Phi) is 5.20. The summed E-state index contributed by atoms with van der Waals surface area (Å²) in [6, 6.07) is 1.24. The predicted molar refractivity (Wildman–Crippen MR) is 74.3 cm³/mol. The third-order valence-electron chi connectivity index (χ3n) is 2.72. The van der Waals surface area contributed by atoms with Gasteiger partial charge in [0.05, 0.1) is 15.6 Å². The molecule has 1 unspecified atom stereocenters. The molecule has 1 rings (SSSR count). The van der Waals surface area contributed by atoms with Crippen LogP contribution in [-0.2, 0) is 0 Å². The number of halogens is 3. The molecule has 0 aromatic heterocycles. The van der Waals surface area contributed by atoms with Crippen LogP contribution in [0.1, 0.15) is 23.7 Å². The van der Waals surface area contributed by atoms with Gasteiger partial charge in [-0.25, -0.2) is 8.78 Å². The van der Waals surface area contributed by atoms with Crippen LogP contribution in [0.4, 0.5) is 8.78 Å². The van der Waals surface area contributed by atoms with Crippen molar-refractivity contribution in [2.75, 3.05) is 7.05 Å². The average molecular weight is 307 g/mol. The molecular formula is C12H13ClF2N2OS. The molecule has 0 aliphatic carbocycles. The van der Waals surface area contributed by atoms with Crippen molar-refractivity contribution in [3.8, 4) is 0 Å². The fraction of sp³-hybridized carbons (Fsp3) is 0.333. The lowest BCUT2D eigenvalue weighted by molar-refractivity contribution is 0.0743. The molecule has 2 N–H and O–H groups in total. The van der Waals surface area contributed by atoms with Crippen molar-refractivity contribution in [1.82, 2.24) is 4.90 Å². The molecule has 1 atom stereocenters. The van der Waals surface area contributed by atoms with Crippen LogP contribution in [0.3, 0.4) is 0 Å². The summed E-state index contributed by atoms with van der Waals surface area (Å²) in [5.41, 5.74) is 5.01. The highest BCUT2D eigenvalue weighted by molar-refractivity contribution is 7.80. The van der Waals surface area contributed by atoms with Gasteiger partial charge >= 0.3 is 0 Å². The molecule has 3 nitrogen and oxygen atoms in total. The summed E-state index contributed by atoms with van der Waals surface area (Å²) in [6.07, 6.45) is 0.301. The Balaban J connectivity index is 3.00. The van der Waals surface area contributed by atoms with Gasteiger partial charge in [0.1, 0.15) is 11.6 Å². The van der Waals surface area contributed by atoms with Crippen molar-refractivity contribution >= 4 is 34.7 Å². The molecule has 7 heteroatoms. The molecule has 0 fully saturated rings. The maximum Gasteiger partial charge on any atom is 0.256 e. The second-order valence-electron chi connectivity index (χ2n) is 4.18. The molecular weight excluding hydrogens is 294 g/mol. The van der Waals surface area contributed by atoms with Gasteiger partial charge in [0.25, 0.3) is 5.91 Å². The minimum atomic E-state index is -0.870. The van der Waals surface area contributed by atoms with E-state index in [0.717, 1.165) is 12.1 Å². The molecule has 1 amide bonds. The van der Waals surface area contributed by atoms with Gasteiger partial charge in [-0.3, -0.25) is 4.79 Å². The Morgan fingerprint density at radius 2 is 2.05 bits per heavy atom. The second kappa shape index (κ2) is 6.25. The standard InChI is InChI=1S/C12H13ClF2N2OS/c1-6(3-11(16)19)17(2)12(18)7-4-10(15)8(13)5-9(7)14/h4-6H,3H2,1-2H3,(H2,16,19). The first-order valence-electron chi connectivity index (χ1n) is 5.44. The number of rotatable bonds is 4. The number of carbonyl (C=O) groups excluding carboxylic acids is 1. The molecule has 0 saturated carbocycles. The minimum absolute atomic E-state index is 0.245. The predicted octanol–water partition coefficient (Wildman–Crippen LogP) is 2.75. The summed E-state index contributed by atoms with van der Waals surface area (Å²) in [6.45, 7) is 1.71. The molecule has 0 radical (unpaired) electrons. The van der Waals surface area contributed by atoms with Crippen LogP contribution in [-0.4, -0.2) is 28.9 Å². The Morgan fingerprint density at radius 1 is 1.47 bits per heavy atom. The molecule has 104 valence electrons. The van der Waals surface area contributed by atoms with Gasteiger partial charge in [-0.2, -0.15) is 0 Å². The van der Waals surface area contributed by atoms with E-state index in [1.54, 1.807) is 6.92 Å². The van der Waals surface area contributed by atoms with E-state index in [0.29, 0.717) is 6.42 Å². The van der Waals surface area contributed by atoms with Crippen LogP contribution in [0.2, 0.25) is 5.02 Å². The Bertz CT molecular complexity index is 525. The van der Waals surface area contributed by atoms with Gasteiger partial charge in [-0.1, -0.05) is 23.8 Å². The SMILES string of the molecule is CC(CC(N)=S)N(C)C(=O)c1cc(F)c(Cl)cc1F. The lowest BCUT2D eigenvalue weighted by Crippen LogP contribution is -2.37. The number of thiocarbonyl (C=S) groups is 1. The van der Waals surface area contributed by atoms with Gasteiger partial charge in [0.15, 0.2) is 0 Å². The van der Waals surface area contributed by atoms with Crippen molar-refractivity contribution in [2.24, 2.45) is 5.73 Å². The molecule has 0 heterocycles. The zero-order valence-electron chi connectivity index (χ0n) is 10.4. The number of benzene rings is 1. The normalized spacial score (nSPS) is 12.1. The van der Waals surface area contributed by atoms with Gasteiger partial charge < -0.3 is 10.6 Å². The van der Waals surface area contributed by atoms with E-state index in [9.17, 15) is 13.6 Å². The van der Waals surface area contributed by atoms with Gasteiger partial charge in [0, 0.05) is 19.5 Å². The highest BCUT2D eigenvalue weighted by atomic mass is 35.5. The van der Waals surface area contributed by atoms with Crippen molar-refractivity contribution in [3.05, 3.63) is 34.4 Å². The first-order valence-corrected chi connectivity index (χ1v) is 6.22. The van der Waals surface area contributed by atoms with E-state index in [4.69, 9.17) is 29.6 Å². The fourth-order valence-corrected chi connectivity index (χ4v) is 1.90. The monoisotopic (exact) mass is 306 g/mol. The maximum absolute atomic E-state index is 13.6. The number of amides is 1. The van der Waals surface area contributed by atoms with Gasteiger partial charge in [-0.05, 0) is 19.1 Å². The number of carbonyl (C=O) groups is 1. The quantitative estimate of drug-likeness (QED) is 0.687.